The van der Waals surface area contributed by atoms with Crippen molar-refractivity contribution in [3.63, 3.8) is 0 Å². The van der Waals surface area contributed by atoms with E-state index in [-0.39, 0.29) is 0 Å². The zero-order chi connectivity index (χ0) is 10.8. The van der Waals surface area contributed by atoms with E-state index in [1.165, 1.54) is 6.39 Å². The van der Waals surface area contributed by atoms with Gasteiger partial charge in [-0.05, 0) is 13.8 Å². The fourth-order valence-electron chi connectivity index (χ4n) is 1.43. The second-order valence-electron chi connectivity index (χ2n) is 3.21. The summed E-state index contributed by atoms with van der Waals surface area (Å²) in [6.45, 7) is 4.05. The van der Waals surface area contributed by atoms with Gasteiger partial charge in [-0.1, -0.05) is 5.16 Å². The molecule has 0 aliphatic carbocycles. The summed E-state index contributed by atoms with van der Waals surface area (Å²) in [6.07, 6.45) is 2.08. The molecule has 0 atom stereocenters. The lowest BCUT2D eigenvalue weighted by molar-refractivity contribution is 0.112. The topological polar surface area (TPSA) is 73.8 Å². The predicted molar refractivity (Wildman–Crippen MR) is 50.5 cm³/mol. The molecule has 6 heteroatoms. The van der Waals surface area contributed by atoms with Gasteiger partial charge in [-0.3, -0.25) is 9.48 Å². The summed E-state index contributed by atoms with van der Waals surface area (Å²) >= 11 is 0. The Morgan fingerprint density at radius 3 is 2.87 bits per heavy atom. The van der Waals surface area contributed by atoms with E-state index in [1.807, 2.05) is 6.92 Å². The molecule has 0 aliphatic rings. The van der Waals surface area contributed by atoms with Gasteiger partial charge in [-0.25, -0.2) is 0 Å². The van der Waals surface area contributed by atoms with Crippen LogP contribution in [-0.2, 0) is 6.54 Å². The molecule has 2 heterocycles. The van der Waals surface area contributed by atoms with Crippen molar-refractivity contribution in [2.24, 2.45) is 0 Å². The maximum Gasteiger partial charge on any atom is 0.213 e. The zero-order valence-corrected chi connectivity index (χ0v) is 8.47. The van der Waals surface area contributed by atoms with E-state index in [2.05, 4.69) is 19.8 Å². The van der Waals surface area contributed by atoms with Crippen molar-refractivity contribution in [2.75, 3.05) is 0 Å². The maximum absolute atomic E-state index is 10.8. The summed E-state index contributed by atoms with van der Waals surface area (Å²) < 4.78 is 6.30. The Kier molecular flexibility index (Phi) is 2.32. The zero-order valence-electron chi connectivity index (χ0n) is 8.47. The number of aldehydes is 1. The van der Waals surface area contributed by atoms with Crippen LogP contribution in [0.1, 0.15) is 27.6 Å². The third-order valence-corrected chi connectivity index (χ3v) is 2.25. The first-order valence-corrected chi connectivity index (χ1v) is 4.47. The molecular formula is C9H10N4O2. The van der Waals surface area contributed by atoms with Crippen LogP contribution in [0.2, 0.25) is 0 Å². The summed E-state index contributed by atoms with van der Waals surface area (Å²) in [4.78, 5) is 14.7. The van der Waals surface area contributed by atoms with E-state index in [0.717, 1.165) is 12.0 Å². The molecule has 0 bridgehead atoms. The van der Waals surface area contributed by atoms with Gasteiger partial charge in [0.1, 0.15) is 6.54 Å². The standard InChI is InChI=1S/C9H10N4O2/c1-6-8(4-14)7(2)13(11-6)3-9-10-5-15-12-9/h4-5H,3H2,1-2H3. The molecule has 6 nitrogen and oxygen atoms in total. The lowest BCUT2D eigenvalue weighted by atomic mass is 10.2. The molecule has 0 radical (unpaired) electrons. The molecule has 0 saturated carbocycles. The molecular weight excluding hydrogens is 196 g/mol. The summed E-state index contributed by atoms with van der Waals surface area (Å²) in [5.74, 6) is 0.540. The van der Waals surface area contributed by atoms with Crippen LogP contribution < -0.4 is 0 Å². The van der Waals surface area contributed by atoms with Gasteiger partial charge in [0.05, 0.1) is 11.3 Å². The first kappa shape index (κ1) is 9.57. The second-order valence-corrected chi connectivity index (χ2v) is 3.21. The number of carbonyl (C=O) groups is 1. The van der Waals surface area contributed by atoms with Gasteiger partial charge in [-0.15, -0.1) is 0 Å². The summed E-state index contributed by atoms with van der Waals surface area (Å²) in [5.41, 5.74) is 2.15. The van der Waals surface area contributed by atoms with E-state index >= 15 is 0 Å². The minimum atomic E-state index is 0.414. The minimum absolute atomic E-state index is 0.414. The molecule has 0 spiro atoms. The van der Waals surface area contributed by atoms with Crippen molar-refractivity contribution in [3.05, 3.63) is 29.2 Å². The summed E-state index contributed by atoms with van der Waals surface area (Å²) in [5, 5.41) is 7.90. The van der Waals surface area contributed by atoms with Crippen LogP contribution in [-0.4, -0.2) is 26.2 Å². The normalized spacial score (nSPS) is 10.5. The van der Waals surface area contributed by atoms with Gasteiger partial charge in [0, 0.05) is 5.69 Å². The van der Waals surface area contributed by atoms with Gasteiger partial charge < -0.3 is 4.52 Å². The molecule has 0 N–H and O–H groups in total. The van der Waals surface area contributed by atoms with Crippen LogP contribution in [0.4, 0.5) is 0 Å². The van der Waals surface area contributed by atoms with Crippen LogP contribution in [0.15, 0.2) is 10.9 Å². The van der Waals surface area contributed by atoms with Gasteiger partial charge in [0.25, 0.3) is 0 Å². The number of hydrogen-bond acceptors (Lipinski definition) is 5. The predicted octanol–water partition coefficient (Wildman–Crippen LogP) is 0.744. The van der Waals surface area contributed by atoms with Crippen molar-refractivity contribution < 1.29 is 9.32 Å². The molecule has 0 aliphatic heterocycles. The Labute approximate surface area is 85.9 Å². The molecule has 0 fully saturated rings. The Balaban J connectivity index is 2.33. The Morgan fingerprint density at radius 2 is 2.33 bits per heavy atom. The van der Waals surface area contributed by atoms with Crippen LogP contribution in [0, 0.1) is 13.8 Å². The highest BCUT2D eigenvalue weighted by Crippen LogP contribution is 2.10. The maximum atomic E-state index is 10.8. The van der Waals surface area contributed by atoms with E-state index in [4.69, 9.17) is 0 Å². The van der Waals surface area contributed by atoms with Crippen molar-refractivity contribution in [1.82, 2.24) is 19.9 Å². The van der Waals surface area contributed by atoms with Gasteiger partial charge in [-0.2, -0.15) is 10.1 Å². The van der Waals surface area contributed by atoms with Gasteiger partial charge in [0.2, 0.25) is 6.39 Å². The van der Waals surface area contributed by atoms with Crippen LogP contribution in [0.3, 0.4) is 0 Å². The third kappa shape index (κ3) is 1.65. The number of carbonyl (C=O) groups excluding carboxylic acids is 1. The molecule has 0 aromatic carbocycles. The molecule has 15 heavy (non-hydrogen) atoms. The quantitative estimate of drug-likeness (QED) is 0.692. The number of rotatable bonds is 3. The SMILES string of the molecule is Cc1nn(Cc2ncon2)c(C)c1C=O. The second kappa shape index (κ2) is 3.64. The number of aromatic nitrogens is 4. The lowest BCUT2D eigenvalue weighted by Gasteiger charge is -1.99. The smallest absolute Gasteiger partial charge is 0.213 e. The van der Waals surface area contributed by atoms with E-state index in [1.54, 1.807) is 11.6 Å². The largest absolute Gasteiger partial charge is 0.343 e. The average Bonchev–Trinajstić information content (AvgIpc) is 2.78. The van der Waals surface area contributed by atoms with Gasteiger partial charge >= 0.3 is 0 Å². The molecule has 2 rings (SSSR count). The van der Waals surface area contributed by atoms with Crippen LogP contribution in [0.25, 0.3) is 0 Å². The van der Waals surface area contributed by atoms with Crippen LogP contribution in [0.5, 0.6) is 0 Å². The molecule has 2 aromatic rings. The monoisotopic (exact) mass is 206 g/mol. The van der Waals surface area contributed by atoms with E-state index in [9.17, 15) is 4.79 Å². The number of hydrogen-bond donors (Lipinski definition) is 0. The highest BCUT2D eigenvalue weighted by Gasteiger charge is 2.11. The van der Waals surface area contributed by atoms with Crippen LogP contribution >= 0.6 is 0 Å². The molecule has 0 amide bonds. The fourth-order valence-corrected chi connectivity index (χ4v) is 1.43. The average molecular weight is 206 g/mol. The Morgan fingerprint density at radius 1 is 1.53 bits per heavy atom. The summed E-state index contributed by atoms with van der Waals surface area (Å²) in [6, 6.07) is 0. The summed E-state index contributed by atoms with van der Waals surface area (Å²) in [7, 11) is 0. The third-order valence-electron chi connectivity index (χ3n) is 2.25. The van der Waals surface area contributed by atoms with Crippen molar-refractivity contribution in [1.29, 1.82) is 0 Å². The number of nitrogens with zero attached hydrogens (tertiary/aromatic N) is 4. The number of aryl methyl sites for hydroxylation is 1. The Bertz CT molecular complexity index is 473. The highest BCUT2D eigenvalue weighted by molar-refractivity contribution is 5.78. The van der Waals surface area contributed by atoms with Crippen molar-refractivity contribution in [2.45, 2.75) is 20.4 Å². The Hall–Kier alpha value is -1.98. The van der Waals surface area contributed by atoms with Crippen molar-refractivity contribution in [3.8, 4) is 0 Å². The lowest BCUT2D eigenvalue weighted by Crippen LogP contribution is -2.05. The first-order valence-electron chi connectivity index (χ1n) is 4.47. The molecule has 78 valence electrons. The molecule has 0 saturated heterocycles. The fraction of sp³-hybridized carbons (Fsp3) is 0.333. The van der Waals surface area contributed by atoms with Crippen molar-refractivity contribution >= 4 is 6.29 Å². The molecule has 0 unspecified atom stereocenters. The molecule has 2 aromatic heterocycles. The highest BCUT2D eigenvalue weighted by atomic mass is 16.5. The van der Waals surface area contributed by atoms with E-state index < -0.39 is 0 Å². The van der Waals surface area contributed by atoms with E-state index in [0.29, 0.717) is 23.6 Å². The minimum Gasteiger partial charge on any atom is -0.343 e. The van der Waals surface area contributed by atoms with Gasteiger partial charge in [0.15, 0.2) is 12.1 Å². The first-order chi connectivity index (χ1) is 7.22.